The van der Waals surface area contributed by atoms with Crippen molar-refractivity contribution in [3.63, 3.8) is 0 Å². The van der Waals surface area contributed by atoms with Gasteiger partial charge in [-0.1, -0.05) is 44.5 Å². The highest BCUT2D eigenvalue weighted by Crippen LogP contribution is 2.28. The van der Waals surface area contributed by atoms with E-state index in [4.69, 9.17) is 4.52 Å². The highest BCUT2D eigenvalue weighted by molar-refractivity contribution is 5.72. The molecule has 2 unspecified atom stereocenters. The van der Waals surface area contributed by atoms with Crippen molar-refractivity contribution in [1.82, 2.24) is 10.1 Å². The van der Waals surface area contributed by atoms with Crippen LogP contribution in [0.15, 0.2) is 28.8 Å². The Labute approximate surface area is 127 Å². The maximum atomic E-state index is 5.31. The van der Waals surface area contributed by atoms with E-state index in [-0.39, 0.29) is 0 Å². The fraction of sp³-hybridized carbons (Fsp3) is 0.529. The van der Waals surface area contributed by atoms with Gasteiger partial charge in [0.15, 0.2) is 5.82 Å². The highest BCUT2D eigenvalue weighted by atomic mass is 16.5. The number of rotatable bonds is 7. The number of nitrogens with zero attached hydrogens (tertiary/aromatic N) is 2. The summed E-state index contributed by atoms with van der Waals surface area (Å²) in [6.07, 6.45) is 3.48. The molecule has 21 heavy (non-hydrogen) atoms. The highest BCUT2D eigenvalue weighted by Gasteiger charge is 2.15. The minimum Gasteiger partial charge on any atom is -0.382 e. The van der Waals surface area contributed by atoms with Gasteiger partial charge in [-0.3, -0.25) is 0 Å². The molecule has 0 radical (unpaired) electrons. The van der Waals surface area contributed by atoms with Gasteiger partial charge >= 0.3 is 0 Å². The van der Waals surface area contributed by atoms with Gasteiger partial charge in [-0.2, -0.15) is 4.98 Å². The lowest BCUT2D eigenvalue weighted by Gasteiger charge is -2.22. The van der Waals surface area contributed by atoms with Gasteiger partial charge in [-0.25, -0.2) is 0 Å². The van der Waals surface area contributed by atoms with Crippen molar-refractivity contribution < 1.29 is 4.52 Å². The summed E-state index contributed by atoms with van der Waals surface area (Å²) in [6.45, 7) is 8.60. The molecule has 1 N–H and O–H groups in total. The molecule has 0 saturated carbocycles. The van der Waals surface area contributed by atoms with Crippen LogP contribution in [0, 0.1) is 12.8 Å². The standard InChI is InChI=1S/C17H25N3O/c1-5-12(3)11-14(6-2)19-16-10-8-7-9-15(16)17-18-13(4)20-21-17/h7-10,12,14,19H,5-6,11H2,1-4H3. The quantitative estimate of drug-likeness (QED) is 0.804. The van der Waals surface area contributed by atoms with Crippen molar-refractivity contribution in [2.24, 2.45) is 5.92 Å². The van der Waals surface area contributed by atoms with Crippen molar-refractivity contribution >= 4 is 5.69 Å². The summed E-state index contributed by atoms with van der Waals surface area (Å²) in [5.74, 6) is 1.96. The lowest BCUT2D eigenvalue weighted by atomic mass is 9.97. The molecule has 1 aromatic heterocycles. The van der Waals surface area contributed by atoms with Gasteiger partial charge < -0.3 is 9.84 Å². The molecule has 0 fully saturated rings. The van der Waals surface area contributed by atoms with Crippen LogP contribution in [-0.4, -0.2) is 16.2 Å². The third-order valence-electron chi connectivity index (χ3n) is 3.92. The minimum absolute atomic E-state index is 0.463. The van der Waals surface area contributed by atoms with Crippen molar-refractivity contribution in [3.05, 3.63) is 30.1 Å². The van der Waals surface area contributed by atoms with Crippen LogP contribution in [0.25, 0.3) is 11.5 Å². The van der Waals surface area contributed by atoms with Crippen LogP contribution in [0.4, 0.5) is 5.69 Å². The zero-order valence-corrected chi connectivity index (χ0v) is 13.4. The number of nitrogens with one attached hydrogen (secondary N) is 1. The minimum atomic E-state index is 0.463. The molecule has 0 saturated heterocycles. The van der Waals surface area contributed by atoms with E-state index in [1.165, 1.54) is 12.8 Å². The molecule has 2 aromatic rings. The summed E-state index contributed by atoms with van der Waals surface area (Å²) in [4.78, 5) is 4.33. The van der Waals surface area contributed by atoms with E-state index in [1.807, 2.05) is 25.1 Å². The van der Waals surface area contributed by atoms with Crippen molar-refractivity contribution in [2.75, 3.05) is 5.32 Å². The summed E-state index contributed by atoms with van der Waals surface area (Å²) in [7, 11) is 0. The predicted octanol–water partition coefficient (Wildman–Crippen LogP) is 4.67. The van der Waals surface area contributed by atoms with Gasteiger partial charge in [-0.05, 0) is 37.8 Å². The topological polar surface area (TPSA) is 51.0 Å². The van der Waals surface area contributed by atoms with Crippen LogP contribution in [-0.2, 0) is 0 Å². The Bertz CT molecular complexity index is 565. The first-order valence-electron chi connectivity index (χ1n) is 7.80. The first-order chi connectivity index (χ1) is 10.1. The van der Waals surface area contributed by atoms with E-state index < -0.39 is 0 Å². The van der Waals surface area contributed by atoms with E-state index >= 15 is 0 Å². The van der Waals surface area contributed by atoms with Crippen LogP contribution in [0.5, 0.6) is 0 Å². The van der Waals surface area contributed by atoms with E-state index in [2.05, 4.69) is 42.3 Å². The molecule has 0 aliphatic heterocycles. The van der Waals surface area contributed by atoms with Gasteiger partial charge in [0.25, 0.3) is 5.89 Å². The summed E-state index contributed by atoms with van der Waals surface area (Å²) >= 11 is 0. The molecule has 0 aliphatic rings. The number of hydrogen-bond donors (Lipinski definition) is 1. The molecular weight excluding hydrogens is 262 g/mol. The molecule has 0 spiro atoms. The third-order valence-corrected chi connectivity index (χ3v) is 3.92. The van der Waals surface area contributed by atoms with E-state index in [0.717, 1.165) is 23.6 Å². The molecule has 4 heteroatoms. The molecule has 1 heterocycles. The SMILES string of the molecule is CCC(C)CC(CC)Nc1ccccc1-c1nc(C)no1. The fourth-order valence-corrected chi connectivity index (χ4v) is 2.40. The summed E-state index contributed by atoms with van der Waals surface area (Å²) in [6, 6.07) is 8.59. The average molecular weight is 287 g/mol. The Morgan fingerprint density at radius 1 is 1.19 bits per heavy atom. The summed E-state index contributed by atoms with van der Waals surface area (Å²) in [5.41, 5.74) is 2.04. The van der Waals surface area contributed by atoms with Gasteiger partial charge in [0.2, 0.25) is 0 Å². The fourth-order valence-electron chi connectivity index (χ4n) is 2.40. The predicted molar refractivity (Wildman–Crippen MR) is 86.2 cm³/mol. The van der Waals surface area contributed by atoms with Crippen molar-refractivity contribution in [1.29, 1.82) is 0 Å². The average Bonchev–Trinajstić information content (AvgIpc) is 2.93. The Hall–Kier alpha value is -1.84. The normalized spacial score (nSPS) is 13.9. The molecule has 2 atom stereocenters. The van der Waals surface area contributed by atoms with Gasteiger partial charge in [-0.15, -0.1) is 0 Å². The Balaban J connectivity index is 2.19. The van der Waals surface area contributed by atoms with E-state index in [1.54, 1.807) is 0 Å². The second-order valence-electron chi connectivity index (χ2n) is 5.69. The number of aryl methyl sites for hydroxylation is 1. The second-order valence-corrected chi connectivity index (χ2v) is 5.69. The lowest BCUT2D eigenvalue weighted by molar-refractivity contribution is 0.425. The van der Waals surface area contributed by atoms with Crippen LogP contribution in [0.2, 0.25) is 0 Å². The monoisotopic (exact) mass is 287 g/mol. The maximum absolute atomic E-state index is 5.31. The van der Waals surface area contributed by atoms with Crippen LogP contribution >= 0.6 is 0 Å². The molecule has 4 nitrogen and oxygen atoms in total. The third kappa shape index (κ3) is 4.06. The number of anilines is 1. The van der Waals surface area contributed by atoms with Crippen molar-refractivity contribution in [3.8, 4) is 11.5 Å². The molecule has 114 valence electrons. The molecule has 1 aromatic carbocycles. The number of benzene rings is 1. The number of para-hydroxylation sites is 1. The summed E-state index contributed by atoms with van der Waals surface area (Å²) in [5, 5.41) is 7.52. The Kier molecular flexibility index (Phi) is 5.37. The largest absolute Gasteiger partial charge is 0.382 e. The van der Waals surface area contributed by atoms with Gasteiger partial charge in [0.05, 0.1) is 5.56 Å². The van der Waals surface area contributed by atoms with E-state index in [0.29, 0.717) is 17.8 Å². The molecular formula is C17H25N3O. The summed E-state index contributed by atoms with van der Waals surface area (Å²) < 4.78 is 5.31. The van der Waals surface area contributed by atoms with Crippen LogP contribution < -0.4 is 5.32 Å². The molecule has 0 bridgehead atoms. The maximum Gasteiger partial charge on any atom is 0.260 e. The molecule has 2 rings (SSSR count). The lowest BCUT2D eigenvalue weighted by Crippen LogP contribution is -2.21. The molecule has 0 aliphatic carbocycles. The van der Waals surface area contributed by atoms with Gasteiger partial charge in [0.1, 0.15) is 0 Å². The van der Waals surface area contributed by atoms with Crippen molar-refractivity contribution in [2.45, 2.75) is 53.0 Å². The van der Waals surface area contributed by atoms with Crippen LogP contribution in [0.1, 0.15) is 45.9 Å². The second kappa shape index (κ2) is 7.25. The van der Waals surface area contributed by atoms with Gasteiger partial charge in [0, 0.05) is 11.7 Å². The number of aromatic nitrogens is 2. The van der Waals surface area contributed by atoms with E-state index in [9.17, 15) is 0 Å². The first-order valence-corrected chi connectivity index (χ1v) is 7.80. The zero-order valence-electron chi connectivity index (χ0n) is 13.4. The van der Waals surface area contributed by atoms with Crippen LogP contribution in [0.3, 0.4) is 0 Å². The smallest absolute Gasteiger partial charge is 0.260 e. The zero-order chi connectivity index (χ0) is 15.2. The molecule has 0 amide bonds. The Morgan fingerprint density at radius 3 is 2.57 bits per heavy atom. The number of hydrogen-bond acceptors (Lipinski definition) is 4. The first kappa shape index (κ1) is 15.5. The Morgan fingerprint density at radius 2 is 1.95 bits per heavy atom.